The van der Waals surface area contributed by atoms with E-state index in [0.717, 1.165) is 11.8 Å². The maximum Gasteiger partial charge on any atom is 0.411 e. The van der Waals surface area contributed by atoms with E-state index < -0.39 is 23.7 Å². The smallest absolute Gasteiger partial charge is 0.411 e. The third-order valence-electron chi connectivity index (χ3n) is 3.16. The first-order valence-corrected chi connectivity index (χ1v) is 8.98. The molecular weight excluding hydrogens is 373 g/mol. The fourth-order valence-corrected chi connectivity index (χ4v) is 2.70. The lowest BCUT2D eigenvalue weighted by Crippen LogP contribution is -2.42. The van der Waals surface area contributed by atoms with Crippen LogP contribution in [0.2, 0.25) is 0 Å². The van der Waals surface area contributed by atoms with Crippen molar-refractivity contribution >= 4 is 35.4 Å². The molecule has 0 aliphatic rings. The summed E-state index contributed by atoms with van der Waals surface area (Å²) in [6.45, 7) is 1.90. The third kappa shape index (κ3) is 6.63. The number of carbonyl (C=O) groups excluding carboxylic acids is 3. The molecule has 142 valence electrons. The third-order valence-corrected chi connectivity index (χ3v) is 4.21. The van der Waals surface area contributed by atoms with E-state index in [2.05, 4.69) is 16.2 Å². The van der Waals surface area contributed by atoms with Crippen molar-refractivity contribution in [2.75, 3.05) is 17.7 Å². The summed E-state index contributed by atoms with van der Waals surface area (Å²) >= 11 is 1.02. The second-order valence-electron chi connectivity index (χ2n) is 5.15. The Bertz CT molecular complexity index is 832. The van der Waals surface area contributed by atoms with E-state index in [1.165, 1.54) is 18.2 Å². The molecule has 2 aromatic carbocycles. The Hall–Kier alpha value is -3.07. The minimum absolute atomic E-state index is 0.0638. The number of carbonyl (C=O) groups is 3. The van der Waals surface area contributed by atoms with Crippen LogP contribution in [0.3, 0.4) is 0 Å². The topological polar surface area (TPSA) is 96.5 Å². The van der Waals surface area contributed by atoms with Gasteiger partial charge in [0.05, 0.1) is 12.4 Å². The highest BCUT2D eigenvalue weighted by Gasteiger charge is 2.10. The Balaban J connectivity index is 1.83. The Morgan fingerprint density at radius 1 is 1.07 bits per heavy atom. The minimum Gasteiger partial charge on any atom is -0.450 e. The van der Waals surface area contributed by atoms with Crippen LogP contribution in [0.15, 0.2) is 53.4 Å². The van der Waals surface area contributed by atoms with Gasteiger partial charge in [0.15, 0.2) is 0 Å². The van der Waals surface area contributed by atoms with Gasteiger partial charge in [-0.05, 0) is 37.3 Å². The van der Waals surface area contributed by atoms with Crippen molar-refractivity contribution in [3.05, 3.63) is 59.9 Å². The van der Waals surface area contributed by atoms with Crippen LogP contribution in [0.25, 0.3) is 0 Å². The molecule has 0 fully saturated rings. The molecule has 0 aliphatic heterocycles. The molecule has 0 aliphatic carbocycles. The largest absolute Gasteiger partial charge is 0.450 e. The molecule has 9 heteroatoms. The number of benzene rings is 2. The molecule has 3 amide bonds. The van der Waals surface area contributed by atoms with Crippen LogP contribution in [0, 0.1) is 5.82 Å². The van der Waals surface area contributed by atoms with Crippen molar-refractivity contribution in [2.24, 2.45) is 0 Å². The summed E-state index contributed by atoms with van der Waals surface area (Å²) in [4.78, 5) is 35.7. The molecule has 2 rings (SSSR count). The Morgan fingerprint density at radius 2 is 1.85 bits per heavy atom. The number of hydrogen-bond donors (Lipinski definition) is 3. The maximum atomic E-state index is 13.5. The average Bonchev–Trinajstić information content (AvgIpc) is 2.66. The Morgan fingerprint density at radius 3 is 2.59 bits per heavy atom. The van der Waals surface area contributed by atoms with Crippen molar-refractivity contribution < 1.29 is 23.5 Å². The molecule has 0 spiro atoms. The molecule has 0 heterocycles. The van der Waals surface area contributed by atoms with Gasteiger partial charge in [-0.2, -0.15) is 0 Å². The summed E-state index contributed by atoms with van der Waals surface area (Å²) in [7, 11) is 0. The van der Waals surface area contributed by atoms with Crippen LogP contribution in [0.1, 0.15) is 17.3 Å². The number of anilines is 1. The fraction of sp³-hybridized carbons (Fsp3) is 0.167. The lowest BCUT2D eigenvalue weighted by molar-refractivity contribution is -0.119. The van der Waals surface area contributed by atoms with E-state index in [1.807, 2.05) is 0 Å². The maximum absolute atomic E-state index is 13.5. The number of ether oxygens (including phenoxy) is 1. The van der Waals surface area contributed by atoms with Crippen LogP contribution >= 0.6 is 11.8 Å². The zero-order valence-corrected chi connectivity index (χ0v) is 15.3. The van der Waals surface area contributed by atoms with Crippen LogP contribution in [0.4, 0.5) is 14.9 Å². The number of nitrogens with one attached hydrogen (secondary N) is 3. The predicted molar refractivity (Wildman–Crippen MR) is 99.8 cm³/mol. The molecule has 7 nitrogen and oxygen atoms in total. The van der Waals surface area contributed by atoms with E-state index >= 15 is 0 Å². The first kappa shape index (κ1) is 20.2. The molecule has 0 saturated carbocycles. The van der Waals surface area contributed by atoms with E-state index in [9.17, 15) is 18.8 Å². The molecule has 2 aromatic rings. The highest BCUT2D eigenvalue weighted by molar-refractivity contribution is 8.00. The standard InChI is InChI=1S/C18H18FN3O4S/c1-2-26-18(25)20-13-7-5-6-12(10-13)17(24)22-21-16(23)11-27-15-9-4-3-8-14(15)19/h3-10H,2,11H2,1H3,(H,20,25)(H,21,23)(H,22,24). The highest BCUT2D eigenvalue weighted by Crippen LogP contribution is 2.20. The molecule has 3 N–H and O–H groups in total. The van der Waals surface area contributed by atoms with Gasteiger partial charge in [0.25, 0.3) is 5.91 Å². The monoisotopic (exact) mass is 391 g/mol. The van der Waals surface area contributed by atoms with E-state index in [1.54, 1.807) is 37.3 Å². The van der Waals surface area contributed by atoms with E-state index in [-0.39, 0.29) is 17.9 Å². The Labute approximate surface area is 159 Å². The van der Waals surface area contributed by atoms with Gasteiger partial charge >= 0.3 is 6.09 Å². The van der Waals surface area contributed by atoms with Gasteiger partial charge in [-0.15, -0.1) is 11.8 Å². The molecule has 27 heavy (non-hydrogen) atoms. The van der Waals surface area contributed by atoms with Crippen LogP contribution in [0.5, 0.6) is 0 Å². The van der Waals surface area contributed by atoms with Gasteiger partial charge in [0, 0.05) is 16.1 Å². The molecule has 0 radical (unpaired) electrons. The lowest BCUT2D eigenvalue weighted by atomic mass is 10.2. The quantitative estimate of drug-likeness (QED) is 0.520. The summed E-state index contributed by atoms with van der Waals surface area (Å²) in [6.07, 6.45) is -0.631. The van der Waals surface area contributed by atoms with E-state index in [0.29, 0.717) is 10.6 Å². The summed E-state index contributed by atoms with van der Waals surface area (Å²) in [6, 6.07) is 12.2. The van der Waals surface area contributed by atoms with Crippen molar-refractivity contribution in [3.63, 3.8) is 0 Å². The summed E-state index contributed by atoms with van der Waals surface area (Å²) < 4.78 is 18.3. The minimum atomic E-state index is -0.631. The van der Waals surface area contributed by atoms with Crippen LogP contribution < -0.4 is 16.2 Å². The zero-order valence-electron chi connectivity index (χ0n) is 14.5. The van der Waals surface area contributed by atoms with E-state index in [4.69, 9.17) is 4.74 Å². The predicted octanol–water partition coefficient (Wildman–Crippen LogP) is 2.95. The second kappa shape index (κ2) is 10.2. The Kier molecular flexibility index (Phi) is 7.63. The number of halogens is 1. The highest BCUT2D eigenvalue weighted by atomic mass is 32.2. The molecule has 0 aromatic heterocycles. The number of hydrogen-bond acceptors (Lipinski definition) is 5. The number of rotatable bonds is 6. The number of amides is 3. The van der Waals surface area contributed by atoms with Gasteiger partial charge in [-0.1, -0.05) is 18.2 Å². The van der Waals surface area contributed by atoms with Gasteiger partial charge in [0.1, 0.15) is 5.82 Å². The van der Waals surface area contributed by atoms with Gasteiger partial charge in [-0.3, -0.25) is 25.8 Å². The lowest BCUT2D eigenvalue weighted by Gasteiger charge is -2.09. The zero-order chi connectivity index (χ0) is 19.6. The molecule has 0 bridgehead atoms. The van der Waals surface area contributed by atoms with Gasteiger partial charge < -0.3 is 4.74 Å². The normalized spacial score (nSPS) is 10.0. The van der Waals surface area contributed by atoms with Gasteiger partial charge in [-0.25, -0.2) is 9.18 Å². The first-order chi connectivity index (χ1) is 13.0. The van der Waals surface area contributed by atoms with Crippen molar-refractivity contribution in [3.8, 4) is 0 Å². The first-order valence-electron chi connectivity index (χ1n) is 8.00. The SMILES string of the molecule is CCOC(=O)Nc1cccc(C(=O)NNC(=O)CSc2ccccc2F)c1. The number of thioether (sulfide) groups is 1. The van der Waals surface area contributed by atoms with Crippen LogP contribution in [-0.2, 0) is 9.53 Å². The van der Waals surface area contributed by atoms with Crippen molar-refractivity contribution in [1.29, 1.82) is 0 Å². The molecule has 0 saturated heterocycles. The molecular formula is C18H18FN3O4S. The number of hydrazine groups is 1. The van der Waals surface area contributed by atoms with Crippen LogP contribution in [-0.4, -0.2) is 30.3 Å². The van der Waals surface area contributed by atoms with Crippen molar-refractivity contribution in [1.82, 2.24) is 10.9 Å². The van der Waals surface area contributed by atoms with Gasteiger partial charge in [0.2, 0.25) is 5.91 Å². The summed E-state index contributed by atoms with van der Waals surface area (Å²) in [5.41, 5.74) is 5.13. The van der Waals surface area contributed by atoms with Crippen molar-refractivity contribution in [2.45, 2.75) is 11.8 Å². The molecule has 0 unspecified atom stereocenters. The summed E-state index contributed by atoms with van der Waals surface area (Å²) in [5, 5.41) is 2.48. The average molecular weight is 391 g/mol. The molecule has 0 atom stereocenters. The second-order valence-corrected chi connectivity index (χ2v) is 6.16. The summed E-state index contributed by atoms with van der Waals surface area (Å²) in [5.74, 6) is -1.53. The fourth-order valence-electron chi connectivity index (χ4n) is 1.96.